The number of anilines is 1. The predicted octanol–water partition coefficient (Wildman–Crippen LogP) is 3.99. The number of carbonyl (C=O) groups excluding carboxylic acids is 1. The molecule has 2 aliphatic heterocycles. The number of hydrogen-bond acceptors (Lipinski definition) is 8. The molecule has 1 fully saturated rings. The van der Waals surface area contributed by atoms with Gasteiger partial charge in [-0.05, 0) is 51.1 Å². The van der Waals surface area contributed by atoms with E-state index in [0.717, 1.165) is 6.26 Å². The van der Waals surface area contributed by atoms with Gasteiger partial charge in [-0.1, -0.05) is 0 Å². The number of furan rings is 1. The Morgan fingerprint density at radius 1 is 1.18 bits per heavy atom. The van der Waals surface area contributed by atoms with Crippen LogP contribution >= 0.6 is 0 Å². The van der Waals surface area contributed by atoms with Crippen LogP contribution in [0.4, 0.5) is 10.1 Å². The first kappa shape index (κ1) is 28.5. The van der Waals surface area contributed by atoms with Crippen LogP contribution in [0.25, 0.3) is 22.3 Å². The number of nitrogens with one attached hydrogen (secondary N) is 1. The Morgan fingerprint density at radius 2 is 1.88 bits per heavy atom. The lowest BCUT2D eigenvalue weighted by Gasteiger charge is -2.25. The van der Waals surface area contributed by atoms with Crippen molar-refractivity contribution in [1.82, 2.24) is 5.32 Å². The highest BCUT2D eigenvalue weighted by Crippen LogP contribution is 2.42. The largest absolute Gasteiger partial charge is 0.455 e. The van der Waals surface area contributed by atoms with E-state index in [0.29, 0.717) is 34.4 Å². The Hall–Kier alpha value is -3.03. The normalized spacial score (nSPS) is 22.8. The molecular formula is C28H33FN2O8S. The molecule has 1 aromatic heterocycles. The second-order valence-corrected chi connectivity index (χ2v) is 12.4. The van der Waals surface area contributed by atoms with Crippen molar-refractivity contribution in [3.05, 3.63) is 53.3 Å². The Balaban J connectivity index is 1.50. The van der Waals surface area contributed by atoms with E-state index in [2.05, 4.69) is 5.32 Å². The van der Waals surface area contributed by atoms with Gasteiger partial charge in [0.1, 0.15) is 29.4 Å². The van der Waals surface area contributed by atoms with Crippen molar-refractivity contribution < 1.29 is 41.0 Å². The Labute approximate surface area is 232 Å². The molecule has 0 unspecified atom stereocenters. The van der Waals surface area contributed by atoms with Gasteiger partial charge in [0.05, 0.1) is 50.0 Å². The zero-order chi connectivity index (χ0) is 28.8. The molecule has 12 heteroatoms. The maximum absolute atomic E-state index is 13.6. The quantitative estimate of drug-likeness (QED) is 0.449. The Kier molecular flexibility index (Phi) is 7.66. The number of halogens is 1. The second-order valence-electron chi connectivity index (χ2n) is 10.5. The van der Waals surface area contributed by atoms with Crippen LogP contribution in [0.5, 0.6) is 0 Å². The van der Waals surface area contributed by atoms with E-state index in [4.69, 9.17) is 23.4 Å². The number of rotatable bonds is 7. The lowest BCUT2D eigenvalue weighted by Crippen LogP contribution is -2.39. The summed E-state index contributed by atoms with van der Waals surface area (Å²) in [4.78, 5) is 13.0. The third kappa shape index (κ3) is 5.72. The minimum absolute atomic E-state index is 0.0169. The van der Waals surface area contributed by atoms with Crippen LogP contribution in [0.15, 0.2) is 40.8 Å². The number of fused-ring (bicyclic) bond motifs is 2. The Bertz CT molecular complexity index is 1520. The van der Waals surface area contributed by atoms with Crippen molar-refractivity contribution in [3.8, 4) is 11.3 Å². The fourth-order valence-corrected chi connectivity index (χ4v) is 6.07. The fraction of sp³-hybridized carbons (Fsp3) is 0.464. The average molecular weight is 577 g/mol. The topological polar surface area (TPSA) is 117 Å². The molecule has 0 aliphatic carbocycles. The Morgan fingerprint density at radius 3 is 2.50 bits per heavy atom. The van der Waals surface area contributed by atoms with Gasteiger partial charge in [0.15, 0.2) is 5.79 Å². The molecule has 2 aromatic carbocycles. The molecule has 1 N–H and O–H groups in total. The van der Waals surface area contributed by atoms with Crippen LogP contribution in [0.1, 0.15) is 42.8 Å². The summed E-state index contributed by atoms with van der Waals surface area (Å²) < 4.78 is 70.4. The van der Waals surface area contributed by atoms with Crippen molar-refractivity contribution in [2.75, 3.05) is 44.0 Å². The molecule has 1 saturated heterocycles. The average Bonchev–Trinajstić information content (AvgIpc) is 3.39. The van der Waals surface area contributed by atoms with E-state index in [-0.39, 0.29) is 37.2 Å². The van der Waals surface area contributed by atoms with E-state index >= 15 is 0 Å². The predicted molar refractivity (Wildman–Crippen MR) is 146 cm³/mol. The first-order valence-corrected chi connectivity index (χ1v) is 14.8. The summed E-state index contributed by atoms with van der Waals surface area (Å²) in [7, 11) is -2.23. The van der Waals surface area contributed by atoms with Gasteiger partial charge in [0, 0.05) is 29.6 Å². The highest BCUT2D eigenvalue weighted by molar-refractivity contribution is 7.92. The van der Waals surface area contributed by atoms with Crippen LogP contribution in [0.3, 0.4) is 0 Å². The first-order chi connectivity index (χ1) is 18.9. The molecule has 216 valence electrons. The third-order valence-corrected chi connectivity index (χ3v) is 8.09. The van der Waals surface area contributed by atoms with Gasteiger partial charge in [0.2, 0.25) is 10.0 Å². The molecule has 3 atom stereocenters. The summed E-state index contributed by atoms with van der Waals surface area (Å²) in [5, 5.41) is 3.11. The van der Waals surface area contributed by atoms with Gasteiger partial charge in [0.25, 0.3) is 5.91 Å². The molecule has 2 aliphatic rings. The SMILES string of the molecule is CNC(=O)c1c(-c2ccc(F)cc2)oc2cc3c(cc12)[C@H](C)O[C@H](COC[C@H]1COC(C)(C)O1)CN3S(C)(=O)=O. The standard InChI is InChI=1S/C28H33FN2O8S/c1-16-21-10-22-24(38-26(25(22)27(32)30-4)17-6-8-18(29)9-7-17)11-23(21)31(40(5,33)34)12-19(37-16)13-35-14-20-15-36-28(2,3)39-20/h6-11,16,19-20H,12-15H2,1-5H3,(H,30,32)/t16-,19-,20-/m0/s1. The van der Waals surface area contributed by atoms with Crippen molar-refractivity contribution >= 4 is 32.6 Å². The summed E-state index contributed by atoms with van der Waals surface area (Å²) in [5.74, 6) is -1.24. The number of hydrogen-bond donors (Lipinski definition) is 1. The second kappa shape index (κ2) is 10.7. The monoisotopic (exact) mass is 576 g/mol. The van der Waals surface area contributed by atoms with E-state index < -0.39 is 39.7 Å². The molecule has 0 spiro atoms. The number of ether oxygens (including phenoxy) is 4. The first-order valence-electron chi connectivity index (χ1n) is 13.0. The van der Waals surface area contributed by atoms with Gasteiger partial charge >= 0.3 is 0 Å². The summed E-state index contributed by atoms with van der Waals surface area (Å²) >= 11 is 0. The smallest absolute Gasteiger partial charge is 0.255 e. The molecule has 3 aromatic rings. The van der Waals surface area contributed by atoms with Crippen molar-refractivity contribution in [2.24, 2.45) is 0 Å². The van der Waals surface area contributed by atoms with Crippen LogP contribution in [0.2, 0.25) is 0 Å². The van der Waals surface area contributed by atoms with Crippen LogP contribution in [-0.4, -0.2) is 72.0 Å². The van der Waals surface area contributed by atoms with E-state index in [1.807, 2.05) is 20.8 Å². The molecular weight excluding hydrogens is 543 g/mol. The zero-order valence-corrected chi connectivity index (χ0v) is 23.8. The molecule has 0 radical (unpaired) electrons. The fourth-order valence-electron chi connectivity index (χ4n) is 5.12. The van der Waals surface area contributed by atoms with Gasteiger partial charge in [-0.2, -0.15) is 0 Å². The summed E-state index contributed by atoms with van der Waals surface area (Å²) in [5.41, 5.74) is 2.05. The number of nitrogens with zero attached hydrogens (tertiary/aromatic N) is 1. The molecule has 3 heterocycles. The molecule has 5 rings (SSSR count). The summed E-state index contributed by atoms with van der Waals surface area (Å²) in [6.45, 7) is 6.32. The van der Waals surface area contributed by atoms with E-state index in [1.165, 1.54) is 35.6 Å². The lowest BCUT2D eigenvalue weighted by atomic mass is 10.0. The molecule has 1 amide bonds. The van der Waals surface area contributed by atoms with Gasteiger partial charge in [-0.3, -0.25) is 9.10 Å². The van der Waals surface area contributed by atoms with E-state index in [1.54, 1.807) is 12.1 Å². The van der Waals surface area contributed by atoms with Gasteiger partial charge in [-0.15, -0.1) is 0 Å². The highest BCUT2D eigenvalue weighted by atomic mass is 32.2. The number of benzene rings is 2. The summed E-state index contributed by atoms with van der Waals surface area (Å²) in [6, 6.07) is 8.94. The number of amides is 1. The molecule has 40 heavy (non-hydrogen) atoms. The summed E-state index contributed by atoms with van der Waals surface area (Å²) in [6.07, 6.45) is -0.215. The van der Waals surface area contributed by atoms with Gasteiger partial charge in [-0.25, -0.2) is 12.8 Å². The molecule has 0 saturated carbocycles. The number of carbonyl (C=O) groups is 1. The molecule has 10 nitrogen and oxygen atoms in total. The van der Waals surface area contributed by atoms with Crippen molar-refractivity contribution in [2.45, 2.75) is 44.9 Å². The van der Waals surface area contributed by atoms with Crippen LogP contribution in [0, 0.1) is 5.82 Å². The maximum Gasteiger partial charge on any atom is 0.255 e. The third-order valence-electron chi connectivity index (χ3n) is 6.95. The maximum atomic E-state index is 13.6. The van der Waals surface area contributed by atoms with Crippen molar-refractivity contribution in [3.63, 3.8) is 0 Å². The highest BCUT2D eigenvalue weighted by Gasteiger charge is 2.35. The minimum Gasteiger partial charge on any atom is -0.455 e. The lowest BCUT2D eigenvalue weighted by molar-refractivity contribution is -0.147. The van der Waals surface area contributed by atoms with Gasteiger partial charge < -0.3 is 28.7 Å². The van der Waals surface area contributed by atoms with Crippen LogP contribution < -0.4 is 9.62 Å². The van der Waals surface area contributed by atoms with Crippen LogP contribution in [-0.2, 0) is 29.0 Å². The molecule has 0 bridgehead atoms. The minimum atomic E-state index is -3.73. The zero-order valence-electron chi connectivity index (χ0n) is 23.0. The van der Waals surface area contributed by atoms with Crippen molar-refractivity contribution in [1.29, 1.82) is 0 Å². The van der Waals surface area contributed by atoms with E-state index in [9.17, 15) is 17.6 Å². The number of sulfonamides is 1.